The first-order valence-electron chi connectivity index (χ1n) is 7.64. The molecule has 5 nitrogen and oxygen atoms in total. The predicted octanol–water partition coefficient (Wildman–Crippen LogP) is 2.96. The first-order valence-corrected chi connectivity index (χ1v) is 7.64. The van der Waals surface area contributed by atoms with E-state index in [4.69, 9.17) is 9.47 Å². The van der Waals surface area contributed by atoms with Crippen LogP contribution in [-0.2, 0) is 0 Å². The second kappa shape index (κ2) is 10.4. The lowest BCUT2D eigenvalue weighted by Crippen LogP contribution is -2.45. The number of nitrogens with one attached hydrogen (secondary N) is 2. The van der Waals surface area contributed by atoms with E-state index in [0.29, 0.717) is 12.6 Å². The van der Waals surface area contributed by atoms with Crippen LogP contribution in [0.1, 0.15) is 19.8 Å². The largest absolute Gasteiger partial charge is 0.497 e. The summed E-state index contributed by atoms with van der Waals surface area (Å²) >= 11 is 0. The van der Waals surface area contributed by atoms with E-state index < -0.39 is 0 Å². The average molecular weight is 431 g/mol. The van der Waals surface area contributed by atoms with Gasteiger partial charge in [-0.1, -0.05) is 18.2 Å². The van der Waals surface area contributed by atoms with Crippen molar-refractivity contribution >= 4 is 29.9 Å². The molecule has 1 aromatic rings. The molecule has 0 aliphatic heterocycles. The molecular weight excluding hydrogens is 405 g/mol. The Morgan fingerprint density at radius 3 is 2.65 bits per heavy atom. The normalized spacial score (nSPS) is 15.7. The summed E-state index contributed by atoms with van der Waals surface area (Å²) in [7, 11) is 3.43. The van der Waals surface area contributed by atoms with Crippen LogP contribution < -0.4 is 20.1 Å². The fourth-order valence-electron chi connectivity index (χ4n) is 2.31. The highest BCUT2D eigenvalue weighted by Gasteiger charge is 2.12. The Morgan fingerprint density at radius 1 is 1.30 bits per heavy atom. The number of aliphatic imine (C=N–C) groups is 1. The van der Waals surface area contributed by atoms with E-state index >= 15 is 0 Å². The second-order valence-corrected chi connectivity index (χ2v) is 5.34. The van der Waals surface area contributed by atoms with E-state index in [1.54, 1.807) is 14.2 Å². The molecule has 1 aromatic carbocycles. The summed E-state index contributed by atoms with van der Waals surface area (Å²) < 4.78 is 11.1. The first kappa shape index (κ1) is 19.6. The fraction of sp³-hybridized carbons (Fsp3) is 0.471. The number of hydrogen-bond acceptors (Lipinski definition) is 3. The van der Waals surface area contributed by atoms with E-state index in [-0.39, 0.29) is 30.1 Å². The Morgan fingerprint density at radius 2 is 2.00 bits per heavy atom. The molecule has 128 valence electrons. The number of ether oxygens (including phenoxy) is 2. The molecule has 0 heterocycles. The van der Waals surface area contributed by atoms with E-state index in [1.807, 2.05) is 31.2 Å². The smallest absolute Gasteiger partial charge is 0.191 e. The standard InChI is InChI=1S/C17H25N3O2.HI/c1-13(22-16-10-6-9-15(11-16)21-3)12-19-17(18-2)20-14-7-4-5-8-14;/h4-6,9-11,13-14H,7-8,12H2,1-3H3,(H2,18,19,20);1H. The van der Waals surface area contributed by atoms with Crippen LogP contribution in [-0.4, -0.2) is 38.8 Å². The average Bonchev–Trinajstić information content (AvgIpc) is 3.04. The number of rotatable bonds is 6. The van der Waals surface area contributed by atoms with Crippen molar-refractivity contribution in [1.29, 1.82) is 0 Å². The van der Waals surface area contributed by atoms with Gasteiger partial charge in [0.25, 0.3) is 0 Å². The van der Waals surface area contributed by atoms with Gasteiger partial charge >= 0.3 is 0 Å². The van der Waals surface area contributed by atoms with Crippen LogP contribution in [0.15, 0.2) is 41.4 Å². The number of benzene rings is 1. The number of guanidine groups is 1. The molecule has 0 saturated heterocycles. The minimum absolute atomic E-state index is 0. The highest BCUT2D eigenvalue weighted by molar-refractivity contribution is 14.0. The first-order chi connectivity index (χ1) is 10.7. The molecule has 0 amide bonds. The SMILES string of the molecule is CN=C(NCC(C)Oc1cccc(OC)c1)NC1CC=CC1.I. The molecule has 0 saturated carbocycles. The van der Waals surface area contributed by atoms with Crippen LogP contribution >= 0.6 is 24.0 Å². The molecule has 0 aromatic heterocycles. The van der Waals surface area contributed by atoms with E-state index in [1.165, 1.54) is 0 Å². The van der Waals surface area contributed by atoms with Crippen molar-refractivity contribution in [2.75, 3.05) is 20.7 Å². The van der Waals surface area contributed by atoms with Gasteiger partial charge in [-0.2, -0.15) is 0 Å². The Labute approximate surface area is 155 Å². The lowest BCUT2D eigenvalue weighted by atomic mass is 10.2. The van der Waals surface area contributed by atoms with Crippen molar-refractivity contribution in [3.8, 4) is 11.5 Å². The van der Waals surface area contributed by atoms with Crippen LogP contribution in [0.25, 0.3) is 0 Å². The Kier molecular flexibility index (Phi) is 8.83. The van der Waals surface area contributed by atoms with Gasteiger partial charge in [-0.15, -0.1) is 24.0 Å². The molecule has 1 unspecified atom stereocenters. The minimum atomic E-state index is 0. The van der Waals surface area contributed by atoms with Crippen LogP contribution in [0.3, 0.4) is 0 Å². The van der Waals surface area contributed by atoms with Crippen LogP contribution in [0, 0.1) is 0 Å². The number of halogens is 1. The van der Waals surface area contributed by atoms with Crippen molar-refractivity contribution in [1.82, 2.24) is 10.6 Å². The third-order valence-electron chi connectivity index (χ3n) is 3.51. The summed E-state index contributed by atoms with van der Waals surface area (Å²) in [6.07, 6.45) is 6.51. The van der Waals surface area contributed by atoms with Gasteiger partial charge < -0.3 is 20.1 Å². The van der Waals surface area contributed by atoms with Gasteiger partial charge in [0, 0.05) is 19.2 Å². The topological polar surface area (TPSA) is 54.9 Å². The highest BCUT2D eigenvalue weighted by atomic mass is 127. The lowest BCUT2D eigenvalue weighted by Gasteiger charge is -2.20. The van der Waals surface area contributed by atoms with Crippen molar-refractivity contribution in [3.63, 3.8) is 0 Å². The fourth-order valence-corrected chi connectivity index (χ4v) is 2.31. The van der Waals surface area contributed by atoms with Crippen LogP contribution in [0.5, 0.6) is 11.5 Å². The zero-order valence-electron chi connectivity index (χ0n) is 13.9. The molecule has 6 heteroatoms. The predicted molar refractivity (Wildman–Crippen MR) is 105 cm³/mol. The number of methoxy groups -OCH3 is 1. The highest BCUT2D eigenvalue weighted by Crippen LogP contribution is 2.19. The monoisotopic (exact) mass is 431 g/mol. The molecule has 23 heavy (non-hydrogen) atoms. The van der Waals surface area contributed by atoms with Gasteiger partial charge in [-0.3, -0.25) is 4.99 Å². The molecule has 1 aliphatic carbocycles. The van der Waals surface area contributed by atoms with Gasteiger partial charge in [0.1, 0.15) is 17.6 Å². The molecular formula is C17H26IN3O2. The molecule has 0 bridgehead atoms. The maximum absolute atomic E-state index is 5.88. The zero-order valence-corrected chi connectivity index (χ0v) is 16.2. The van der Waals surface area contributed by atoms with E-state index in [9.17, 15) is 0 Å². The summed E-state index contributed by atoms with van der Waals surface area (Å²) in [6.45, 7) is 2.70. The maximum atomic E-state index is 5.88. The van der Waals surface area contributed by atoms with Crippen LogP contribution in [0.4, 0.5) is 0 Å². The van der Waals surface area contributed by atoms with Crippen molar-refractivity contribution in [2.45, 2.75) is 31.9 Å². The molecule has 0 fully saturated rings. The van der Waals surface area contributed by atoms with Crippen molar-refractivity contribution in [2.24, 2.45) is 4.99 Å². The van der Waals surface area contributed by atoms with Gasteiger partial charge in [0.2, 0.25) is 0 Å². The quantitative estimate of drug-likeness (QED) is 0.315. The number of hydrogen-bond donors (Lipinski definition) is 2. The molecule has 2 rings (SSSR count). The summed E-state index contributed by atoms with van der Waals surface area (Å²) in [5.41, 5.74) is 0. The maximum Gasteiger partial charge on any atom is 0.191 e. The Balaban J connectivity index is 0.00000264. The van der Waals surface area contributed by atoms with Gasteiger partial charge in [0.15, 0.2) is 5.96 Å². The molecule has 0 radical (unpaired) electrons. The Bertz CT molecular complexity index is 526. The second-order valence-electron chi connectivity index (χ2n) is 5.34. The molecule has 0 spiro atoms. The third-order valence-corrected chi connectivity index (χ3v) is 3.51. The summed E-state index contributed by atoms with van der Waals surface area (Å²) in [4.78, 5) is 4.25. The molecule has 1 atom stereocenters. The molecule has 1 aliphatic rings. The minimum Gasteiger partial charge on any atom is -0.497 e. The zero-order chi connectivity index (χ0) is 15.8. The van der Waals surface area contributed by atoms with Gasteiger partial charge in [-0.05, 0) is 31.9 Å². The van der Waals surface area contributed by atoms with E-state index in [2.05, 4.69) is 27.8 Å². The van der Waals surface area contributed by atoms with Gasteiger partial charge in [0.05, 0.1) is 13.7 Å². The summed E-state index contributed by atoms with van der Waals surface area (Å²) in [6, 6.07) is 8.07. The summed E-state index contributed by atoms with van der Waals surface area (Å²) in [5.74, 6) is 2.41. The van der Waals surface area contributed by atoms with E-state index in [0.717, 1.165) is 30.3 Å². The lowest BCUT2D eigenvalue weighted by molar-refractivity contribution is 0.223. The summed E-state index contributed by atoms with van der Waals surface area (Å²) in [5, 5.41) is 6.70. The molecule has 2 N–H and O–H groups in total. The van der Waals surface area contributed by atoms with Crippen molar-refractivity contribution < 1.29 is 9.47 Å². The van der Waals surface area contributed by atoms with Crippen LogP contribution in [0.2, 0.25) is 0 Å². The number of nitrogens with zero attached hydrogens (tertiary/aromatic N) is 1. The van der Waals surface area contributed by atoms with Gasteiger partial charge in [-0.25, -0.2) is 0 Å². The van der Waals surface area contributed by atoms with Crippen molar-refractivity contribution in [3.05, 3.63) is 36.4 Å². The third kappa shape index (κ3) is 6.68. The Hall–Kier alpha value is -1.44.